The van der Waals surface area contributed by atoms with Crippen LogP contribution in [-0.4, -0.2) is 11.8 Å². The van der Waals surface area contributed by atoms with Gasteiger partial charge in [-0.25, -0.2) is 0 Å². The van der Waals surface area contributed by atoms with E-state index in [0.29, 0.717) is 10.6 Å². The molecule has 3 N–H and O–H groups in total. The van der Waals surface area contributed by atoms with Crippen LogP contribution in [0.2, 0.25) is 0 Å². The SMILES string of the molecule is NC(=O)c1c(NC(=O)C(c2ccccc2)c2ccccc2)sc2c1CCC2. The number of rotatable bonds is 5. The number of carbonyl (C=O) groups excluding carboxylic acids is 2. The number of nitrogens with two attached hydrogens (primary N) is 1. The topological polar surface area (TPSA) is 72.2 Å². The van der Waals surface area contributed by atoms with Crippen LogP contribution < -0.4 is 11.1 Å². The summed E-state index contributed by atoms with van der Waals surface area (Å²) in [4.78, 5) is 26.4. The average Bonchev–Trinajstić information content (AvgIpc) is 3.24. The lowest BCUT2D eigenvalue weighted by Crippen LogP contribution is -2.23. The molecule has 0 saturated carbocycles. The predicted octanol–water partition coefficient (Wildman–Crippen LogP) is 4.11. The Labute approximate surface area is 162 Å². The predicted molar refractivity (Wildman–Crippen MR) is 108 cm³/mol. The highest BCUT2D eigenvalue weighted by molar-refractivity contribution is 7.17. The van der Waals surface area contributed by atoms with E-state index in [1.165, 1.54) is 11.3 Å². The average molecular weight is 376 g/mol. The van der Waals surface area contributed by atoms with Crippen molar-refractivity contribution in [2.24, 2.45) is 5.73 Å². The number of aryl methyl sites for hydroxylation is 1. The zero-order valence-electron chi connectivity index (χ0n) is 14.8. The molecule has 0 bridgehead atoms. The highest BCUT2D eigenvalue weighted by Crippen LogP contribution is 2.39. The van der Waals surface area contributed by atoms with E-state index in [0.717, 1.165) is 40.8 Å². The van der Waals surface area contributed by atoms with Crippen LogP contribution in [0.25, 0.3) is 0 Å². The van der Waals surface area contributed by atoms with Gasteiger partial charge in [-0.2, -0.15) is 0 Å². The highest BCUT2D eigenvalue weighted by Gasteiger charge is 2.29. The zero-order valence-corrected chi connectivity index (χ0v) is 15.6. The van der Waals surface area contributed by atoms with Crippen LogP contribution in [0.5, 0.6) is 0 Å². The summed E-state index contributed by atoms with van der Waals surface area (Å²) in [6.45, 7) is 0. The smallest absolute Gasteiger partial charge is 0.251 e. The third-order valence-electron chi connectivity index (χ3n) is 4.93. The minimum absolute atomic E-state index is 0.158. The van der Waals surface area contributed by atoms with Gasteiger partial charge in [0, 0.05) is 4.88 Å². The third kappa shape index (κ3) is 3.38. The van der Waals surface area contributed by atoms with Gasteiger partial charge < -0.3 is 11.1 Å². The summed E-state index contributed by atoms with van der Waals surface area (Å²) in [5, 5.41) is 3.57. The number of nitrogens with one attached hydrogen (secondary N) is 1. The van der Waals surface area contributed by atoms with Crippen LogP contribution in [-0.2, 0) is 17.6 Å². The van der Waals surface area contributed by atoms with E-state index in [1.54, 1.807) is 0 Å². The van der Waals surface area contributed by atoms with Gasteiger partial charge >= 0.3 is 0 Å². The van der Waals surface area contributed by atoms with Gasteiger partial charge in [0.15, 0.2) is 0 Å². The lowest BCUT2D eigenvalue weighted by atomic mass is 9.90. The fourth-order valence-corrected chi connectivity index (χ4v) is 5.02. The number of amides is 2. The maximum Gasteiger partial charge on any atom is 0.251 e. The number of fused-ring (bicyclic) bond motifs is 1. The molecule has 0 fully saturated rings. The molecule has 3 aromatic rings. The number of benzene rings is 2. The van der Waals surface area contributed by atoms with Crippen LogP contribution in [0.4, 0.5) is 5.00 Å². The Balaban J connectivity index is 1.71. The fraction of sp³-hybridized carbons (Fsp3) is 0.182. The number of hydrogen-bond acceptors (Lipinski definition) is 3. The summed E-state index contributed by atoms with van der Waals surface area (Å²) in [6.07, 6.45) is 2.82. The second-order valence-corrected chi connectivity index (χ2v) is 7.77. The standard InChI is InChI=1S/C22H20N2O2S/c23-20(25)19-16-12-7-13-17(16)27-22(19)24-21(26)18(14-8-3-1-4-9-14)15-10-5-2-6-11-15/h1-6,8-11,18H,7,12-13H2,(H2,23,25)(H,24,26). The largest absolute Gasteiger partial charge is 0.365 e. The molecule has 1 heterocycles. The molecule has 1 aromatic heterocycles. The van der Waals surface area contributed by atoms with Crippen molar-refractivity contribution in [2.75, 3.05) is 5.32 Å². The minimum Gasteiger partial charge on any atom is -0.365 e. The molecule has 2 amide bonds. The molecule has 5 heteroatoms. The molecule has 4 rings (SSSR count). The third-order valence-corrected chi connectivity index (χ3v) is 6.14. The molecular formula is C22H20N2O2S. The van der Waals surface area contributed by atoms with E-state index in [2.05, 4.69) is 5.32 Å². The van der Waals surface area contributed by atoms with Crippen LogP contribution in [0.1, 0.15) is 44.3 Å². The number of primary amides is 1. The monoisotopic (exact) mass is 376 g/mol. The van der Waals surface area contributed by atoms with Crippen molar-refractivity contribution in [2.45, 2.75) is 25.2 Å². The second kappa shape index (κ2) is 7.37. The molecule has 0 saturated heterocycles. The van der Waals surface area contributed by atoms with Gasteiger partial charge in [-0.05, 0) is 36.0 Å². The van der Waals surface area contributed by atoms with E-state index in [4.69, 9.17) is 5.73 Å². The van der Waals surface area contributed by atoms with Crippen molar-refractivity contribution in [1.82, 2.24) is 0 Å². The van der Waals surface area contributed by atoms with E-state index < -0.39 is 11.8 Å². The summed E-state index contributed by atoms with van der Waals surface area (Å²) in [5.41, 5.74) is 8.94. The Hall–Kier alpha value is -2.92. The van der Waals surface area contributed by atoms with E-state index in [-0.39, 0.29) is 5.91 Å². The van der Waals surface area contributed by atoms with Crippen molar-refractivity contribution >= 4 is 28.2 Å². The van der Waals surface area contributed by atoms with E-state index >= 15 is 0 Å². The van der Waals surface area contributed by atoms with Gasteiger partial charge in [0.1, 0.15) is 5.00 Å². The first kappa shape index (κ1) is 17.5. The van der Waals surface area contributed by atoms with Crippen LogP contribution in [0.3, 0.4) is 0 Å². The van der Waals surface area contributed by atoms with Gasteiger partial charge in [0.05, 0.1) is 11.5 Å². The first-order valence-corrected chi connectivity index (χ1v) is 9.82. The van der Waals surface area contributed by atoms with Crippen LogP contribution in [0.15, 0.2) is 60.7 Å². The van der Waals surface area contributed by atoms with Crippen LogP contribution in [0, 0.1) is 0 Å². The van der Waals surface area contributed by atoms with Crippen LogP contribution >= 0.6 is 11.3 Å². The number of carbonyl (C=O) groups is 2. The maximum absolute atomic E-state index is 13.3. The first-order valence-electron chi connectivity index (χ1n) is 9.00. The number of hydrogen-bond donors (Lipinski definition) is 2. The zero-order chi connectivity index (χ0) is 18.8. The number of anilines is 1. The lowest BCUT2D eigenvalue weighted by molar-refractivity contribution is -0.116. The van der Waals surface area contributed by atoms with E-state index in [1.807, 2.05) is 60.7 Å². The van der Waals surface area contributed by atoms with Crippen molar-refractivity contribution in [3.63, 3.8) is 0 Å². The van der Waals surface area contributed by atoms with Crippen molar-refractivity contribution in [1.29, 1.82) is 0 Å². The maximum atomic E-state index is 13.3. The lowest BCUT2D eigenvalue weighted by Gasteiger charge is -2.18. The Bertz CT molecular complexity index is 941. The van der Waals surface area contributed by atoms with Gasteiger partial charge in [0.25, 0.3) is 5.91 Å². The van der Waals surface area contributed by atoms with Crippen molar-refractivity contribution in [3.05, 3.63) is 87.8 Å². The molecule has 1 aliphatic carbocycles. The molecule has 1 aliphatic rings. The summed E-state index contributed by atoms with van der Waals surface area (Å²) < 4.78 is 0. The molecule has 2 aromatic carbocycles. The molecule has 0 radical (unpaired) electrons. The van der Waals surface area contributed by atoms with Crippen molar-refractivity contribution in [3.8, 4) is 0 Å². The fourth-order valence-electron chi connectivity index (χ4n) is 3.72. The normalized spacial score (nSPS) is 12.8. The van der Waals surface area contributed by atoms with Gasteiger partial charge in [0.2, 0.25) is 5.91 Å². The molecular weight excluding hydrogens is 356 g/mol. The molecule has 136 valence electrons. The molecule has 0 unspecified atom stereocenters. The summed E-state index contributed by atoms with van der Waals surface area (Å²) in [7, 11) is 0. The summed E-state index contributed by atoms with van der Waals surface area (Å²) in [5.74, 6) is -1.08. The number of thiophene rings is 1. The van der Waals surface area contributed by atoms with Gasteiger partial charge in [-0.3, -0.25) is 9.59 Å². The second-order valence-electron chi connectivity index (χ2n) is 6.67. The molecule has 27 heavy (non-hydrogen) atoms. The Morgan fingerprint density at radius 3 is 2.07 bits per heavy atom. The Morgan fingerprint density at radius 2 is 1.52 bits per heavy atom. The van der Waals surface area contributed by atoms with E-state index in [9.17, 15) is 9.59 Å². The molecule has 4 nitrogen and oxygen atoms in total. The highest BCUT2D eigenvalue weighted by atomic mass is 32.1. The Kier molecular flexibility index (Phi) is 4.77. The Morgan fingerprint density at radius 1 is 0.926 bits per heavy atom. The minimum atomic E-state index is -0.472. The quantitative estimate of drug-likeness (QED) is 0.703. The molecule has 0 spiro atoms. The van der Waals surface area contributed by atoms with Gasteiger partial charge in [-0.15, -0.1) is 11.3 Å². The first-order chi connectivity index (χ1) is 13.1. The van der Waals surface area contributed by atoms with Gasteiger partial charge in [-0.1, -0.05) is 60.7 Å². The summed E-state index contributed by atoms with van der Waals surface area (Å²) in [6, 6.07) is 19.3. The van der Waals surface area contributed by atoms with Crippen molar-refractivity contribution < 1.29 is 9.59 Å². The molecule has 0 atom stereocenters. The summed E-state index contributed by atoms with van der Waals surface area (Å²) >= 11 is 1.48. The molecule has 0 aliphatic heterocycles.